The first-order chi connectivity index (χ1) is 11.0. The molecule has 0 spiro atoms. The van der Waals surface area contributed by atoms with Crippen molar-refractivity contribution >= 4 is 21.6 Å². The molecular weight excluding hydrogens is 316 g/mol. The summed E-state index contributed by atoms with van der Waals surface area (Å²) in [6.45, 7) is 0.725. The highest BCUT2D eigenvalue weighted by atomic mass is 32.2. The first-order valence-corrected chi connectivity index (χ1v) is 9.03. The molecule has 7 nitrogen and oxygen atoms in total. The van der Waals surface area contributed by atoms with E-state index in [-0.39, 0.29) is 24.6 Å². The van der Waals surface area contributed by atoms with Gasteiger partial charge in [0.25, 0.3) is 0 Å². The van der Waals surface area contributed by atoms with Gasteiger partial charge in [-0.25, -0.2) is 17.4 Å². The van der Waals surface area contributed by atoms with Crippen molar-refractivity contribution in [1.82, 2.24) is 14.1 Å². The normalized spacial score (nSPS) is 17.2. The van der Waals surface area contributed by atoms with Gasteiger partial charge in [0.05, 0.1) is 29.5 Å². The fraction of sp³-hybridized carbons (Fsp3) is 0.333. The number of aromatic nitrogens is 2. The Kier molecular flexibility index (Phi) is 4.44. The van der Waals surface area contributed by atoms with Crippen molar-refractivity contribution in [3.8, 4) is 5.69 Å². The van der Waals surface area contributed by atoms with Crippen LogP contribution < -0.4 is 5.32 Å². The highest BCUT2D eigenvalue weighted by molar-refractivity contribution is 7.89. The molecule has 0 radical (unpaired) electrons. The summed E-state index contributed by atoms with van der Waals surface area (Å²) in [6, 6.07) is 9.56. The van der Waals surface area contributed by atoms with Gasteiger partial charge in [0.15, 0.2) is 0 Å². The van der Waals surface area contributed by atoms with Gasteiger partial charge < -0.3 is 5.32 Å². The highest BCUT2D eigenvalue weighted by Gasteiger charge is 2.28. The van der Waals surface area contributed by atoms with Gasteiger partial charge in [-0.05, 0) is 18.6 Å². The van der Waals surface area contributed by atoms with Gasteiger partial charge in [0, 0.05) is 19.5 Å². The summed E-state index contributed by atoms with van der Waals surface area (Å²) in [7, 11) is -3.15. The molecule has 2 aromatic rings. The van der Waals surface area contributed by atoms with Crippen LogP contribution in [-0.4, -0.2) is 47.3 Å². The summed E-state index contributed by atoms with van der Waals surface area (Å²) >= 11 is 0. The molecule has 0 unspecified atom stereocenters. The molecule has 1 aromatic heterocycles. The van der Waals surface area contributed by atoms with Gasteiger partial charge in [-0.15, -0.1) is 0 Å². The van der Waals surface area contributed by atoms with Crippen LogP contribution in [0.3, 0.4) is 0 Å². The number of carbonyl (C=O) groups is 1. The zero-order chi connectivity index (χ0) is 16.3. The van der Waals surface area contributed by atoms with E-state index >= 15 is 0 Å². The lowest BCUT2D eigenvalue weighted by Crippen LogP contribution is -2.29. The predicted molar refractivity (Wildman–Crippen MR) is 86.8 cm³/mol. The van der Waals surface area contributed by atoms with Crippen LogP contribution in [0.5, 0.6) is 0 Å². The molecule has 122 valence electrons. The minimum atomic E-state index is -3.15. The van der Waals surface area contributed by atoms with Crippen molar-refractivity contribution in [3.05, 3.63) is 42.7 Å². The molecule has 1 aromatic carbocycles. The van der Waals surface area contributed by atoms with E-state index in [1.165, 1.54) is 4.31 Å². The average Bonchev–Trinajstić information content (AvgIpc) is 3.12. The number of nitrogens with one attached hydrogen (secondary N) is 1. The standard InChI is InChI=1S/C15H18N4O3S/c20-15(7-9-18-8-4-10-23(18,21)22)17-13-11-16-19(12-13)14-5-2-1-3-6-14/h1-3,5-6,11-12H,4,7-10H2,(H,17,20). The molecule has 1 fully saturated rings. The minimum absolute atomic E-state index is 0.135. The topological polar surface area (TPSA) is 84.3 Å². The minimum Gasteiger partial charge on any atom is -0.323 e. The lowest BCUT2D eigenvalue weighted by Gasteiger charge is -2.13. The second kappa shape index (κ2) is 6.51. The van der Waals surface area contributed by atoms with Crippen LogP contribution in [-0.2, 0) is 14.8 Å². The summed E-state index contributed by atoms with van der Waals surface area (Å²) in [5.74, 6) is -0.0435. The number of rotatable bonds is 5. The number of anilines is 1. The molecule has 0 bridgehead atoms. The van der Waals surface area contributed by atoms with Crippen LogP contribution >= 0.6 is 0 Å². The number of nitrogens with zero attached hydrogens (tertiary/aromatic N) is 3. The van der Waals surface area contributed by atoms with E-state index in [1.807, 2.05) is 30.3 Å². The third kappa shape index (κ3) is 3.77. The SMILES string of the molecule is O=C(CCN1CCCS1(=O)=O)Nc1cnn(-c2ccccc2)c1. The summed E-state index contributed by atoms with van der Waals surface area (Å²) in [4.78, 5) is 12.0. The van der Waals surface area contributed by atoms with Crippen LogP contribution in [0.2, 0.25) is 0 Å². The number of sulfonamides is 1. The summed E-state index contributed by atoms with van der Waals surface area (Å²) in [5, 5.41) is 6.94. The average molecular weight is 334 g/mol. The second-order valence-corrected chi connectivity index (χ2v) is 7.46. The Morgan fingerprint density at radius 2 is 2.04 bits per heavy atom. The van der Waals surface area contributed by atoms with Gasteiger partial charge in [0.2, 0.25) is 15.9 Å². The van der Waals surface area contributed by atoms with Crippen molar-refractivity contribution in [3.63, 3.8) is 0 Å². The fourth-order valence-electron chi connectivity index (χ4n) is 2.50. The monoisotopic (exact) mass is 334 g/mol. The van der Waals surface area contributed by atoms with E-state index in [1.54, 1.807) is 17.1 Å². The van der Waals surface area contributed by atoms with Crippen molar-refractivity contribution in [2.24, 2.45) is 0 Å². The Morgan fingerprint density at radius 1 is 1.26 bits per heavy atom. The Balaban J connectivity index is 1.55. The largest absolute Gasteiger partial charge is 0.323 e. The molecule has 1 aliphatic rings. The third-order valence-electron chi connectivity index (χ3n) is 3.68. The van der Waals surface area contributed by atoms with E-state index in [4.69, 9.17) is 0 Å². The van der Waals surface area contributed by atoms with Crippen LogP contribution in [0.15, 0.2) is 42.7 Å². The van der Waals surface area contributed by atoms with Crippen LogP contribution in [0.25, 0.3) is 5.69 Å². The number of hydrogen-bond donors (Lipinski definition) is 1. The van der Waals surface area contributed by atoms with E-state index < -0.39 is 10.0 Å². The summed E-state index contributed by atoms with van der Waals surface area (Å²) in [6.07, 6.45) is 4.06. The molecule has 1 aliphatic heterocycles. The third-order valence-corrected chi connectivity index (χ3v) is 5.64. The molecule has 2 heterocycles. The van der Waals surface area contributed by atoms with E-state index in [0.717, 1.165) is 5.69 Å². The first kappa shape index (κ1) is 15.7. The Morgan fingerprint density at radius 3 is 2.74 bits per heavy atom. The number of carbonyl (C=O) groups excluding carboxylic acids is 1. The van der Waals surface area contributed by atoms with Crippen molar-refractivity contribution in [2.75, 3.05) is 24.2 Å². The molecule has 0 saturated carbocycles. The predicted octanol–water partition coefficient (Wildman–Crippen LogP) is 1.24. The van der Waals surface area contributed by atoms with E-state index in [0.29, 0.717) is 18.7 Å². The van der Waals surface area contributed by atoms with Crippen LogP contribution in [0, 0.1) is 0 Å². The fourth-order valence-corrected chi connectivity index (χ4v) is 4.03. The number of para-hydroxylation sites is 1. The Labute approximate surface area is 135 Å². The summed E-state index contributed by atoms with van der Waals surface area (Å²) in [5.41, 5.74) is 1.49. The maximum Gasteiger partial charge on any atom is 0.225 e. The zero-order valence-electron chi connectivity index (χ0n) is 12.6. The zero-order valence-corrected chi connectivity index (χ0v) is 13.4. The van der Waals surface area contributed by atoms with Gasteiger partial charge in [0.1, 0.15) is 0 Å². The van der Waals surface area contributed by atoms with Gasteiger partial charge in [-0.1, -0.05) is 18.2 Å². The molecular formula is C15H18N4O3S. The van der Waals surface area contributed by atoms with Crippen molar-refractivity contribution in [1.29, 1.82) is 0 Å². The number of benzene rings is 1. The van der Waals surface area contributed by atoms with E-state index in [9.17, 15) is 13.2 Å². The molecule has 1 N–H and O–H groups in total. The quantitative estimate of drug-likeness (QED) is 0.891. The van der Waals surface area contributed by atoms with Crippen LogP contribution in [0.1, 0.15) is 12.8 Å². The smallest absolute Gasteiger partial charge is 0.225 e. The van der Waals surface area contributed by atoms with Crippen LogP contribution in [0.4, 0.5) is 5.69 Å². The van der Waals surface area contributed by atoms with Crippen molar-refractivity contribution in [2.45, 2.75) is 12.8 Å². The van der Waals surface area contributed by atoms with E-state index in [2.05, 4.69) is 10.4 Å². The molecule has 0 aliphatic carbocycles. The molecule has 1 amide bonds. The molecule has 1 saturated heterocycles. The lowest BCUT2D eigenvalue weighted by molar-refractivity contribution is -0.116. The Bertz CT molecular complexity index is 786. The lowest BCUT2D eigenvalue weighted by atomic mass is 10.3. The molecule has 0 atom stereocenters. The maximum atomic E-state index is 12.0. The van der Waals surface area contributed by atoms with Gasteiger partial charge in [-0.3, -0.25) is 4.79 Å². The molecule has 8 heteroatoms. The van der Waals surface area contributed by atoms with Gasteiger partial charge >= 0.3 is 0 Å². The molecule has 23 heavy (non-hydrogen) atoms. The van der Waals surface area contributed by atoms with Crippen molar-refractivity contribution < 1.29 is 13.2 Å². The number of hydrogen-bond acceptors (Lipinski definition) is 4. The van der Waals surface area contributed by atoms with Gasteiger partial charge in [-0.2, -0.15) is 5.10 Å². The number of amides is 1. The maximum absolute atomic E-state index is 12.0. The molecule has 3 rings (SSSR count). The first-order valence-electron chi connectivity index (χ1n) is 7.42. The highest BCUT2D eigenvalue weighted by Crippen LogP contribution is 2.14. The Hall–Kier alpha value is -2.19. The summed E-state index contributed by atoms with van der Waals surface area (Å²) < 4.78 is 26.4. The second-order valence-electron chi connectivity index (χ2n) is 5.38.